The lowest BCUT2D eigenvalue weighted by atomic mass is 10.2. The topological polar surface area (TPSA) is 67.9 Å². The lowest BCUT2D eigenvalue weighted by Crippen LogP contribution is -2.24. The molecule has 1 saturated heterocycles. The van der Waals surface area contributed by atoms with E-state index in [1.165, 1.54) is 11.5 Å². The van der Waals surface area contributed by atoms with Crippen molar-refractivity contribution >= 4 is 23.1 Å². The molecule has 0 aromatic carbocycles. The molecular formula is C10H12ClN5OS. The Morgan fingerprint density at radius 1 is 1.56 bits per heavy atom. The predicted molar refractivity (Wildman–Crippen MR) is 66.3 cm³/mol. The minimum absolute atomic E-state index is 0.195. The summed E-state index contributed by atoms with van der Waals surface area (Å²) in [6, 6.07) is 0.195. The van der Waals surface area contributed by atoms with Crippen LogP contribution in [0, 0.1) is 6.92 Å². The van der Waals surface area contributed by atoms with Gasteiger partial charge in [0.25, 0.3) is 0 Å². The SMILES string of the molecule is Cc1nc([C@@H]2CCCN2Cc2nnsc2Cl)no1. The van der Waals surface area contributed by atoms with E-state index in [9.17, 15) is 0 Å². The first kappa shape index (κ1) is 12.0. The van der Waals surface area contributed by atoms with Crippen LogP contribution in [0.1, 0.15) is 36.3 Å². The van der Waals surface area contributed by atoms with Crippen LogP contribution in [0.5, 0.6) is 0 Å². The second-order valence-electron chi connectivity index (χ2n) is 4.29. The monoisotopic (exact) mass is 285 g/mol. The molecule has 6 nitrogen and oxygen atoms in total. The van der Waals surface area contributed by atoms with Gasteiger partial charge in [-0.2, -0.15) is 4.98 Å². The average molecular weight is 286 g/mol. The Hall–Kier alpha value is -1.05. The van der Waals surface area contributed by atoms with Crippen LogP contribution in [0.15, 0.2) is 4.52 Å². The second kappa shape index (κ2) is 4.91. The minimum Gasteiger partial charge on any atom is -0.340 e. The lowest BCUT2D eigenvalue weighted by Gasteiger charge is -2.20. The van der Waals surface area contributed by atoms with Crippen LogP contribution in [-0.2, 0) is 6.54 Å². The predicted octanol–water partition coefficient (Wildman–Crippen LogP) is 2.22. The summed E-state index contributed by atoms with van der Waals surface area (Å²) in [5.41, 5.74) is 0.828. The largest absolute Gasteiger partial charge is 0.340 e. The van der Waals surface area contributed by atoms with Crippen molar-refractivity contribution < 1.29 is 4.52 Å². The first-order valence-corrected chi connectivity index (χ1v) is 6.90. The zero-order valence-corrected chi connectivity index (χ0v) is 11.4. The Morgan fingerprint density at radius 3 is 3.11 bits per heavy atom. The molecule has 0 bridgehead atoms. The van der Waals surface area contributed by atoms with Crippen molar-refractivity contribution in [3.05, 3.63) is 21.7 Å². The van der Waals surface area contributed by atoms with Gasteiger partial charge in [0.2, 0.25) is 5.89 Å². The number of nitrogens with zero attached hydrogens (tertiary/aromatic N) is 5. The molecule has 2 aromatic rings. The zero-order valence-electron chi connectivity index (χ0n) is 9.84. The van der Waals surface area contributed by atoms with Gasteiger partial charge >= 0.3 is 0 Å². The molecule has 8 heteroatoms. The number of halogens is 1. The maximum Gasteiger partial charge on any atom is 0.223 e. The molecule has 2 aromatic heterocycles. The van der Waals surface area contributed by atoms with Crippen molar-refractivity contribution in [2.24, 2.45) is 0 Å². The molecule has 0 spiro atoms. The number of aromatic nitrogens is 4. The summed E-state index contributed by atoms with van der Waals surface area (Å²) < 4.78 is 9.55. The van der Waals surface area contributed by atoms with Crippen LogP contribution in [0.3, 0.4) is 0 Å². The quantitative estimate of drug-likeness (QED) is 0.861. The zero-order chi connectivity index (χ0) is 12.5. The van der Waals surface area contributed by atoms with Gasteiger partial charge in [-0.25, -0.2) is 0 Å². The molecule has 0 aliphatic carbocycles. The first-order chi connectivity index (χ1) is 8.74. The maximum atomic E-state index is 6.03. The molecule has 1 fully saturated rings. The van der Waals surface area contributed by atoms with Gasteiger partial charge in [-0.1, -0.05) is 21.2 Å². The number of aryl methyl sites for hydroxylation is 1. The summed E-state index contributed by atoms with van der Waals surface area (Å²) in [4.78, 5) is 6.58. The highest BCUT2D eigenvalue weighted by atomic mass is 35.5. The van der Waals surface area contributed by atoms with Gasteiger partial charge in [0.1, 0.15) is 10.0 Å². The highest BCUT2D eigenvalue weighted by Gasteiger charge is 2.30. The van der Waals surface area contributed by atoms with Gasteiger partial charge in [-0.15, -0.1) is 5.10 Å². The highest BCUT2D eigenvalue weighted by molar-refractivity contribution is 7.10. The summed E-state index contributed by atoms with van der Waals surface area (Å²) in [5, 5.41) is 8.05. The van der Waals surface area contributed by atoms with Gasteiger partial charge in [0.15, 0.2) is 5.82 Å². The maximum absolute atomic E-state index is 6.03. The fraction of sp³-hybridized carbons (Fsp3) is 0.600. The van der Waals surface area contributed by atoms with Gasteiger partial charge < -0.3 is 4.52 Å². The van der Waals surface area contributed by atoms with Crippen LogP contribution in [0.25, 0.3) is 0 Å². The average Bonchev–Trinajstić information content (AvgIpc) is 3.03. The van der Waals surface area contributed by atoms with Gasteiger partial charge in [0.05, 0.1) is 6.04 Å². The van der Waals surface area contributed by atoms with E-state index in [-0.39, 0.29) is 6.04 Å². The van der Waals surface area contributed by atoms with E-state index in [1.54, 1.807) is 6.92 Å². The minimum atomic E-state index is 0.195. The summed E-state index contributed by atoms with van der Waals surface area (Å²) in [6.45, 7) is 3.48. The van der Waals surface area contributed by atoms with Crippen molar-refractivity contribution in [1.82, 2.24) is 24.6 Å². The third-order valence-corrected chi connectivity index (χ3v) is 4.05. The van der Waals surface area contributed by atoms with Gasteiger partial charge in [-0.3, -0.25) is 4.90 Å². The van der Waals surface area contributed by atoms with E-state index in [2.05, 4.69) is 24.6 Å². The summed E-state index contributed by atoms with van der Waals surface area (Å²) in [6.07, 6.45) is 2.15. The third kappa shape index (κ3) is 2.25. The van der Waals surface area contributed by atoms with Crippen LogP contribution >= 0.6 is 23.1 Å². The molecule has 3 heterocycles. The van der Waals surface area contributed by atoms with Crippen LogP contribution in [0.4, 0.5) is 0 Å². The van der Waals surface area contributed by atoms with Crippen molar-refractivity contribution in [3.8, 4) is 0 Å². The van der Waals surface area contributed by atoms with Crippen LogP contribution < -0.4 is 0 Å². The highest BCUT2D eigenvalue weighted by Crippen LogP contribution is 2.32. The molecule has 1 atom stereocenters. The van der Waals surface area contributed by atoms with Crippen molar-refractivity contribution in [1.29, 1.82) is 0 Å². The Labute approximate surface area is 113 Å². The molecule has 1 aliphatic rings. The number of rotatable bonds is 3. The normalized spacial score (nSPS) is 20.7. The smallest absolute Gasteiger partial charge is 0.223 e. The van der Waals surface area contributed by atoms with E-state index in [4.69, 9.17) is 16.1 Å². The molecule has 0 N–H and O–H groups in total. The molecule has 0 unspecified atom stereocenters. The molecule has 0 amide bonds. The fourth-order valence-electron chi connectivity index (χ4n) is 2.24. The molecule has 1 aliphatic heterocycles. The van der Waals surface area contributed by atoms with E-state index in [1.807, 2.05) is 0 Å². The van der Waals surface area contributed by atoms with Crippen molar-refractivity contribution in [2.45, 2.75) is 32.4 Å². The fourth-order valence-corrected chi connectivity index (χ4v) is 2.85. The van der Waals surface area contributed by atoms with E-state index in [0.29, 0.717) is 16.8 Å². The number of hydrogen-bond acceptors (Lipinski definition) is 7. The Morgan fingerprint density at radius 2 is 2.44 bits per heavy atom. The second-order valence-corrected chi connectivity index (χ2v) is 5.65. The first-order valence-electron chi connectivity index (χ1n) is 5.75. The lowest BCUT2D eigenvalue weighted by molar-refractivity contribution is 0.231. The summed E-state index contributed by atoms with van der Waals surface area (Å²) in [5.74, 6) is 1.36. The Kier molecular flexibility index (Phi) is 3.27. The van der Waals surface area contributed by atoms with E-state index >= 15 is 0 Å². The van der Waals surface area contributed by atoms with E-state index in [0.717, 1.165) is 30.9 Å². The Balaban J connectivity index is 1.77. The van der Waals surface area contributed by atoms with Crippen LogP contribution in [0.2, 0.25) is 4.34 Å². The van der Waals surface area contributed by atoms with Crippen LogP contribution in [-0.4, -0.2) is 31.2 Å². The van der Waals surface area contributed by atoms with E-state index < -0.39 is 0 Å². The number of hydrogen-bond donors (Lipinski definition) is 0. The molecular weight excluding hydrogens is 274 g/mol. The Bertz CT molecular complexity index is 542. The standard InChI is InChI=1S/C10H12ClN5OS/c1-6-12-10(14-17-6)8-3-2-4-16(8)5-7-9(11)18-15-13-7/h8H,2-5H2,1H3/t8-/m0/s1. The molecule has 0 saturated carbocycles. The van der Waals surface area contributed by atoms with Gasteiger partial charge in [0, 0.05) is 25.0 Å². The van der Waals surface area contributed by atoms with Crippen molar-refractivity contribution in [3.63, 3.8) is 0 Å². The molecule has 18 heavy (non-hydrogen) atoms. The summed E-state index contributed by atoms with van der Waals surface area (Å²) >= 11 is 7.25. The third-order valence-electron chi connectivity index (χ3n) is 3.07. The van der Waals surface area contributed by atoms with Crippen molar-refractivity contribution in [2.75, 3.05) is 6.54 Å². The summed E-state index contributed by atoms with van der Waals surface area (Å²) in [7, 11) is 0. The van der Waals surface area contributed by atoms with Gasteiger partial charge in [-0.05, 0) is 19.4 Å². The molecule has 0 radical (unpaired) electrons. The molecule has 96 valence electrons. The number of likely N-dealkylation sites (tertiary alicyclic amines) is 1. The molecule has 3 rings (SSSR count).